The number of nitrogens with zero attached hydrogens (tertiary/aromatic N) is 2. The topological polar surface area (TPSA) is 68.1 Å². The Balaban J connectivity index is 2.51. The van der Waals surface area contributed by atoms with E-state index in [-0.39, 0.29) is 5.69 Å². The summed E-state index contributed by atoms with van der Waals surface area (Å²) >= 11 is 5.55. The fourth-order valence-electron chi connectivity index (χ4n) is 1.58. The molecule has 0 aliphatic carbocycles. The number of nitrogens with one attached hydrogen (secondary N) is 1. The van der Waals surface area contributed by atoms with Gasteiger partial charge in [-0.25, -0.2) is 0 Å². The molecule has 0 spiro atoms. The third-order valence-electron chi connectivity index (χ3n) is 2.47. The summed E-state index contributed by atoms with van der Waals surface area (Å²) in [4.78, 5) is 13.7. The highest BCUT2D eigenvalue weighted by Crippen LogP contribution is 2.40. The van der Waals surface area contributed by atoms with Crippen LogP contribution in [-0.2, 0) is 6.18 Å². The fraction of sp³-hybridized carbons (Fsp3) is 0.0833. The van der Waals surface area contributed by atoms with Gasteiger partial charge in [0.25, 0.3) is 5.69 Å². The molecular weight excluding hydrogens is 311 g/mol. The van der Waals surface area contributed by atoms with Crippen LogP contribution in [0.3, 0.4) is 0 Å². The third kappa shape index (κ3) is 3.40. The monoisotopic (exact) mass is 316 g/mol. The number of rotatable bonds is 3. The van der Waals surface area contributed by atoms with Crippen LogP contribution in [0.5, 0.6) is 0 Å². The molecule has 0 atom stereocenters. The molecule has 1 heterocycles. The second kappa shape index (κ2) is 5.57. The lowest BCUT2D eigenvalue weighted by molar-refractivity contribution is -0.384. The molecular formula is C12H6ClF3N3O2. The third-order valence-corrected chi connectivity index (χ3v) is 2.78. The highest BCUT2D eigenvalue weighted by atomic mass is 35.5. The summed E-state index contributed by atoms with van der Waals surface area (Å²) < 4.78 is 38.1. The summed E-state index contributed by atoms with van der Waals surface area (Å²) in [6, 6.07) is 5.31. The quantitative estimate of drug-likeness (QED) is 0.680. The van der Waals surface area contributed by atoms with Crippen LogP contribution in [0.1, 0.15) is 5.56 Å². The molecule has 0 saturated heterocycles. The second-order valence-electron chi connectivity index (χ2n) is 3.90. The molecule has 0 saturated carbocycles. The maximum Gasteiger partial charge on any atom is 0.418 e. The van der Waals surface area contributed by atoms with Crippen LogP contribution >= 0.6 is 11.6 Å². The second-order valence-corrected chi connectivity index (χ2v) is 4.31. The number of pyridine rings is 1. The lowest BCUT2D eigenvalue weighted by atomic mass is 10.1. The number of hydrogen-bond acceptors (Lipinski definition) is 4. The number of alkyl halides is 3. The Morgan fingerprint density at radius 3 is 2.62 bits per heavy atom. The van der Waals surface area contributed by atoms with Crippen LogP contribution in [0.4, 0.5) is 30.2 Å². The average Bonchev–Trinajstić information content (AvgIpc) is 2.38. The standard InChI is InChI=1S/C12H6ClF3N3O2/c13-9-5-10(18-7-2-1-3-17-6-7)11(19(20)21)4-8(9)12(14,15)16/h2-6,18H. The Hall–Kier alpha value is -2.35. The van der Waals surface area contributed by atoms with E-state index in [2.05, 4.69) is 16.4 Å². The Morgan fingerprint density at radius 2 is 2.10 bits per heavy atom. The highest BCUT2D eigenvalue weighted by molar-refractivity contribution is 6.31. The van der Waals surface area contributed by atoms with Crippen molar-refractivity contribution in [3.63, 3.8) is 0 Å². The lowest BCUT2D eigenvalue weighted by Crippen LogP contribution is -2.08. The Bertz CT molecular complexity index is 677. The van der Waals surface area contributed by atoms with Crippen LogP contribution in [0, 0.1) is 16.2 Å². The average molecular weight is 317 g/mol. The maximum absolute atomic E-state index is 12.7. The zero-order valence-corrected chi connectivity index (χ0v) is 10.9. The van der Waals surface area contributed by atoms with Gasteiger partial charge < -0.3 is 5.32 Å². The fourth-order valence-corrected chi connectivity index (χ4v) is 1.85. The molecule has 1 aromatic carbocycles. The van der Waals surface area contributed by atoms with Gasteiger partial charge in [0.1, 0.15) is 5.69 Å². The van der Waals surface area contributed by atoms with E-state index in [1.165, 1.54) is 18.5 Å². The van der Waals surface area contributed by atoms with E-state index in [4.69, 9.17) is 11.6 Å². The predicted octanol–water partition coefficient (Wildman–Crippen LogP) is 4.21. The lowest BCUT2D eigenvalue weighted by Gasteiger charge is -2.12. The zero-order chi connectivity index (χ0) is 15.6. The van der Waals surface area contributed by atoms with Crippen molar-refractivity contribution in [2.45, 2.75) is 6.18 Å². The Kier molecular flexibility index (Phi) is 3.99. The van der Waals surface area contributed by atoms with Crippen LogP contribution < -0.4 is 5.32 Å². The minimum Gasteiger partial charge on any atom is -0.349 e. The van der Waals surface area contributed by atoms with Crippen molar-refractivity contribution in [3.05, 3.63) is 57.4 Å². The van der Waals surface area contributed by atoms with E-state index in [0.717, 1.165) is 6.07 Å². The van der Waals surface area contributed by atoms with E-state index < -0.39 is 27.4 Å². The van der Waals surface area contributed by atoms with Gasteiger partial charge in [-0.1, -0.05) is 11.6 Å². The summed E-state index contributed by atoms with van der Waals surface area (Å²) in [6.45, 7) is 0. The van der Waals surface area contributed by atoms with Crippen molar-refractivity contribution in [2.24, 2.45) is 0 Å². The molecule has 0 aliphatic rings. The Labute approximate surface area is 121 Å². The predicted molar refractivity (Wildman–Crippen MR) is 69.5 cm³/mol. The minimum atomic E-state index is -4.78. The molecule has 109 valence electrons. The van der Waals surface area contributed by atoms with Crippen LogP contribution in [0.15, 0.2) is 30.6 Å². The molecule has 0 fully saturated rings. The van der Waals surface area contributed by atoms with Crippen molar-refractivity contribution in [1.82, 2.24) is 4.98 Å². The molecule has 0 aliphatic heterocycles. The molecule has 0 bridgehead atoms. The first-order chi connectivity index (χ1) is 9.79. The van der Waals surface area contributed by atoms with Crippen molar-refractivity contribution in [2.75, 3.05) is 5.32 Å². The summed E-state index contributed by atoms with van der Waals surface area (Å²) in [5.74, 6) is 0. The van der Waals surface area contributed by atoms with Gasteiger partial charge in [-0.3, -0.25) is 15.1 Å². The van der Waals surface area contributed by atoms with Gasteiger partial charge >= 0.3 is 6.18 Å². The van der Waals surface area contributed by atoms with E-state index >= 15 is 0 Å². The molecule has 2 rings (SSSR count). The zero-order valence-electron chi connectivity index (χ0n) is 10.1. The molecule has 1 aromatic heterocycles. The highest BCUT2D eigenvalue weighted by Gasteiger charge is 2.36. The molecule has 0 amide bonds. The summed E-state index contributed by atoms with van der Waals surface area (Å²) in [7, 11) is 0. The van der Waals surface area contributed by atoms with E-state index in [1.54, 1.807) is 0 Å². The smallest absolute Gasteiger partial charge is 0.349 e. The number of halogens is 4. The SMILES string of the molecule is O=[N+]([O-])c1cc(C(F)(F)F)c(Cl)cc1Nc1c[c]cnc1. The van der Waals surface area contributed by atoms with Gasteiger partial charge in [-0.2, -0.15) is 13.2 Å². The van der Waals surface area contributed by atoms with E-state index in [0.29, 0.717) is 11.8 Å². The van der Waals surface area contributed by atoms with Gasteiger partial charge in [0, 0.05) is 18.3 Å². The van der Waals surface area contributed by atoms with Crippen LogP contribution in [0.2, 0.25) is 5.02 Å². The molecule has 0 unspecified atom stereocenters. The number of benzene rings is 1. The van der Waals surface area contributed by atoms with Gasteiger partial charge in [-0.05, 0) is 12.1 Å². The number of nitro groups is 1. The first kappa shape index (κ1) is 15.0. The van der Waals surface area contributed by atoms with Gasteiger partial charge in [0.2, 0.25) is 0 Å². The molecule has 1 N–H and O–H groups in total. The minimum absolute atomic E-state index is 0.167. The number of nitro benzene ring substituents is 1. The van der Waals surface area contributed by atoms with Crippen molar-refractivity contribution >= 4 is 28.7 Å². The molecule has 5 nitrogen and oxygen atoms in total. The van der Waals surface area contributed by atoms with Gasteiger partial charge in [0.15, 0.2) is 0 Å². The summed E-state index contributed by atoms with van der Waals surface area (Å²) in [5, 5.41) is 12.9. The molecule has 21 heavy (non-hydrogen) atoms. The largest absolute Gasteiger partial charge is 0.418 e. The summed E-state index contributed by atoms with van der Waals surface area (Å²) in [5.41, 5.74) is -1.84. The van der Waals surface area contributed by atoms with Crippen molar-refractivity contribution in [3.8, 4) is 0 Å². The van der Waals surface area contributed by atoms with Crippen molar-refractivity contribution in [1.29, 1.82) is 0 Å². The number of hydrogen-bond donors (Lipinski definition) is 1. The maximum atomic E-state index is 12.7. The summed E-state index contributed by atoms with van der Waals surface area (Å²) in [6.07, 6.45) is -2.08. The molecule has 9 heteroatoms. The number of anilines is 2. The first-order valence-electron chi connectivity index (χ1n) is 5.42. The van der Waals surface area contributed by atoms with Crippen molar-refractivity contribution < 1.29 is 18.1 Å². The van der Waals surface area contributed by atoms with E-state index in [1.807, 2.05) is 0 Å². The number of aromatic nitrogens is 1. The first-order valence-corrected chi connectivity index (χ1v) is 5.80. The Morgan fingerprint density at radius 1 is 1.38 bits per heavy atom. The normalized spacial score (nSPS) is 11.2. The molecule has 2 aromatic rings. The molecule has 1 radical (unpaired) electrons. The van der Waals surface area contributed by atoms with Gasteiger partial charge in [-0.15, -0.1) is 0 Å². The van der Waals surface area contributed by atoms with Crippen LogP contribution in [-0.4, -0.2) is 9.91 Å². The van der Waals surface area contributed by atoms with Crippen LogP contribution in [0.25, 0.3) is 0 Å². The van der Waals surface area contributed by atoms with E-state index in [9.17, 15) is 23.3 Å². The van der Waals surface area contributed by atoms with Gasteiger partial charge in [0.05, 0.1) is 27.4 Å².